The van der Waals surface area contributed by atoms with Crippen molar-refractivity contribution in [3.8, 4) is 0 Å². The predicted molar refractivity (Wildman–Crippen MR) is 113 cm³/mol. The van der Waals surface area contributed by atoms with Crippen molar-refractivity contribution >= 4 is 58.1 Å². The molecule has 1 heterocycles. The van der Waals surface area contributed by atoms with Crippen LogP contribution in [0.1, 0.15) is 28.8 Å². The molecule has 0 aliphatic carbocycles. The lowest BCUT2D eigenvalue weighted by molar-refractivity contribution is -0.119. The lowest BCUT2D eigenvalue weighted by Gasteiger charge is -2.19. The second kappa shape index (κ2) is 9.03. The van der Waals surface area contributed by atoms with Gasteiger partial charge in [-0.25, -0.2) is 4.79 Å². The first-order chi connectivity index (χ1) is 13.4. The number of amides is 1. The molecule has 0 aromatic heterocycles. The maximum absolute atomic E-state index is 12.2. The maximum Gasteiger partial charge on any atom is 0.341 e. The molecular formula is C20H19Cl3N2O3. The lowest BCUT2D eigenvalue weighted by atomic mass is 10.1. The summed E-state index contributed by atoms with van der Waals surface area (Å²) in [4.78, 5) is 26.7. The van der Waals surface area contributed by atoms with E-state index in [-0.39, 0.29) is 20.6 Å². The van der Waals surface area contributed by atoms with Gasteiger partial charge in [0.05, 0.1) is 20.6 Å². The van der Waals surface area contributed by atoms with Crippen LogP contribution < -0.4 is 10.2 Å². The van der Waals surface area contributed by atoms with E-state index in [1.807, 2.05) is 25.1 Å². The zero-order valence-electron chi connectivity index (χ0n) is 15.2. The van der Waals surface area contributed by atoms with Gasteiger partial charge in [-0.15, -0.1) is 0 Å². The molecule has 1 amide bonds. The van der Waals surface area contributed by atoms with Crippen molar-refractivity contribution in [2.75, 3.05) is 29.9 Å². The zero-order valence-corrected chi connectivity index (χ0v) is 17.5. The number of nitrogens with zero attached hydrogens (tertiary/aromatic N) is 1. The molecule has 0 bridgehead atoms. The predicted octanol–water partition coefficient (Wildman–Crippen LogP) is 5.35. The number of ether oxygens (including phenoxy) is 1. The number of aryl methyl sites for hydroxylation is 1. The highest BCUT2D eigenvalue weighted by Crippen LogP contribution is 2.32. The fraction of sp³-hybridized carbons (Fsp3) is 0.300. The molecule has 0 radical (unpaired) electrons. The fourth-order valence-electron chi connectivity index (χ4n) is 3.06. The summed E-state index contributed by atoms with van der Waals surface area (Å²) in [6, 6.07) is 8.79. The molecule has 0 spiro atoms. The number of hydrogen-bond acceptors (Lipinski definition) is 4. The maximum atomic E-state index is 12.2. The van der Waals surface area contributed by atoms with Gasteiger partial charge in [0.2, 0.25) is 0 Å². The minimum atomic E-state index is -0.811. The van der Waals surface area contributed by atoms with E-state index in [0.29, 0.717) is 5.69 Å². The average Bonchev–Trinajstić information content (AvgIpc) is 3.20. The van der Waals surface area contributed by atoms with E-state index >= 15 is 0 Å². The van der Waals surface area contributed by atoms with Crippen molar-refractivity contribution in [1.82, 2.24) is 0 Å². The van der Waals surface area contributed by atoms with Gasteiger partial charge < -0.3 is 15.0 Å². The van der Waals surface area contributed by atoms with E-state index in [2.05, 4.69) is 10.2 Å². The number of benzene rings is 2. The largest absolute Gasteiger partial charge is 0.452 e. The average molecular weight is 442 g/mol. The molecule has 1 fully saturated rings. The Labute approximate surface area is 178 Å². The van der Waals surface area contributed by atoms with Crippen molar-refractivity contribution in [3.63, 3.8) is 0 Å². The monoisotopic (exact) mass is 440 g/mol. The normalized spacial score (nSPS) is 13.5. The Bertz CT molecular complexity index is 912. The van der Waals surface area contributed by atoms with Crippen molar-refractivity contribution in [3.05, 3.63) is 56.5 Å². The highest BCUT2D eigenvalue weighted by Gasteiger charge is 2.20. The third-order valence-electron chi connectivity index (χ3n) is 4.54. The number of nitrogens with one attached hydrogen (secondary N) is 1. The van der Waals surface area contributed by atoms with Crippen LogP contribution in [-0.2, 0) is 9.53 Å². The molecule has 0 atom stereocenters. The second-order valence-electron chi connectivity index (χ2n) is 6.54. The van der Waals surface area contributed by atoms with E-state index in [1.165, 1.54) is 25.0 Å². The third kappa shape index (κ3) is 4.72. The Kier molecular flexibility index (Phi) is 6.70. The molecule has 2 aromatic carbocycles. The molecule has 28 heavy (non-hydrogen) atoms. The van der Waals surface area contributed by atoms with Crippen molar-refractivity contribution < 1.29 is 14.3 Å². The summed E-state index contributed by atoms with van der Waals surface area (Å²) in [5, 5.41) is 3.02. The minimum Gasteiger partial charge on any atom is -0.452 e. The van der Waals surface area contributed by atoms with Crippen LogP contribution in [0, 0.1) is 6.92 Å². The van der Waals surface area contributed by atoms with Crippen LogP contribution in [0.3, 0.4) is 0 Å². The van der Waals surface area contributed by atoms with E-state index in [9.17, 15) is 9.59 Å². The van der Waals surface area contributed by atoms with Crippen molar-refractivity contribution in [2.45, 2.75) is 19.8 Å². The highest BCUT2D eigenvalue weighted by molar-refractivity contribution is 6.46. The number of anilines is 2. The van der Waals surface area contributed by atoms with Gasteiger partial charge in [-0.1, -0.05) is 34.8 Å². The van der Waals surface area contributed by atoms with Gasteiger partial charge in [0.25, 0.3) is 5.91 Å². The molecule has 3 rings (SSSR count). The van der Waals surface area contributed by atoms with E-state index in [0.717, 1.165) is 24.3 Å². The minimum absolute atomic E-state index is 0.00655. The third-order valence-corrected chi connectivity index (χ3v) is 5.66. The zero-order chi connectivity index (χ0) is 20.3. The number of hydrogen-bond donors (Lipinski definition) is 1. The van der Waals surface area contributed by atoms with Gasteiger partial charge in [-0.2, -0.15) is 0 Å². The molecule has 2 aromatic rings. The van der Waals surface area contributed by atoms with Crippen LogP contribution >= 0.6 is 34.8 Å². The van der Waals surface area contributed by atoms with Crippen LogP contribution in [0.5, 0.6) is 0 Å². The summed E-state index contributed by atoms with van der Waals surface area (Å²) in [6.45, 7) is 3.56. The summed E-state index contributed by atoms with van der Waals surface area (Å²) in [7, 11) is 0. The first-order valence-corrected chi connectivity index (χ1v) is 9.96. The summed E-state index contributed by atoms with van der Waals surface area (Å²) >= 11 is 17.9. The van der Waals surface area contributed by atoms with E-state index < -0.39 is 18.5 Å². The summed E-state index contributed by atoms with van der Waals surface area (Å²) < 4.78 is 5.04. The standard InChI is InChI=1S/C20H19Cl3N2O3/c1-12-10-13(25-8-2-3-9-25)4-7-16(12)24-17(26)11-28-20(27)18-14(21)5-6-15(22)19(18)23/h4-7,10H,2-3,8-9,11H2,1H3,(H,24,26). The lowest BCUT2D eigenvalue weighted by Crippen LogP contribution is -2.22. The Morgan fingerprint density at radius 1 is 1.07 bits per heavy atom. The summed E-state index contributed by atoms with van der Waals surface area (Å²) in [5.74, 6) is -1.27. The number of halogens is 3. The Morgan fingerprint density at radius 2 is 1.75 bits per heavy atom. The fourth-order valence-corrected chi connectivity index (χ4v) is 3.75. The Hall–Kier alpha value is -1.95. The quantitative estimate of drug-likeness (QED) is 0.502. The van der Waals surface area contributed by atoms with E-state index in [1.54, 1.807) is 0 Å². The van der Waals surface area contributed by atoms with Gasteiger partial charge >= 0.3 is 5.97 Å². The molecule has 0 saturated carbocycles. The van der Waals surface area contributed by atoms with Gasteiger partial charge in [0.1, 0.15) is 0 Å². The first-order valence-electron chi connectivity index (χ1n) is 8.83. The molecule has 1 aliphatic rings. The van der Waals surface area contributed by atoms with Gasteiger partial charge in [0.15, 0.2) is 6.61 Å². The van der Waals surface area contributed by atoms with Crippen LogP contribution in [-0.4, -0.2) is 31.6 Å². The van der Waals surface area contributed by atoms with Crippen LogP contribution in [0.15, 0.2) is 30.3 Å². The van der Waals surface area contributed by atoms with Crippen LogP contribution in [0.25, 0.3) is 0 Å². The summed E-state index contributed by atoms with van der Waals surface area (Å²) in [6.07, 6.45) is 2.40. The van der Waals surface area contributed by atoms with Gasteiger partial charge in [0, 0.05) is 24.5 Å². The van der Waals surface area contributed by atoms with Crippen molar-refractivity contribution in [1.29, 1.82) is 0 Å². The SMILES string of the molecule is Cc1cc(N2CCCC2)ccc1NC(=O)COC(=O)c1c(Cl)ccc(Cl)c1Cl. The Balaban J connectivity index is 1.60. The smallest absolute Gasteiger partial charge is 0.341 e. The Morgan fingerprint density at radius 3 is 2.43 bits per heavy atom. The summed E-state index contributed by atoms with van der Waals surface area (Å²) in [5.41, 5.74) is 2.69. The topological polar surface area (TPSA) is 58.6 Å². The number of carbonyl (C=O) groups excluding carboxylic acids is 2. The number of rotatable bonds is 5. The second-order valence-corrected chi connectivity index (χ2v) is 7.73. The number of carbonyl (C=O) groups is 2. The molecule has 0 unspecified atom stereocenters. The van der Waals surface area contributed by atoms with Crippen molar-refractivity contribution in [2.24, 2.45) is 0 Å². The van der Waals surface area contributed by atoms with Gasteiger partial charge in [-0.3, -0.25) is 4.79 Å². The molecule has 1 saturated heterocycles. The van der Waals surface area contributed by atoms with Crippen LogP contribution in [0.4, 0.5) is 11.4 Å². The first kappa shape index (κ1) is 20.8. The van der Waals surface area contributed by atoms with Gasteiger partial charge in [-0.05, 0) is 55.7 Å². The molecule has 1 N–H and O–H groups in total. The molecular weight excluding hydrogens is 423 g/mol. The molecule has 8 heteroatoms. The van der Waals surface area contributed by atoms with E-state index in [4.69, 9.17) is 39.5 Å². The molecule has 1 aliphatic heterocycles. The van der Waals surface area contributed by atoms with Crippen LogP contribution in [0.2, 0.25) is 15.1 Å². The molecule has 5 nitrogen and oxygen atoms in total. The molecule has 148 valence electrons. The highest BCUT2D eigenvalue weighted by atomic mass is 35.5. The number of esters is 1.